The average molecular weight is 551 g/mol. The Labute approximate surface area is 189 Å². The highest BCUT2D eigenvalue weighted by Crippen LogP contribution is 2.63. The fourth-order valence-corrected chi connectivity index (χ4v) is 8.51. The van der Waals surface area contributed by atoms with Gasteiger partial charge in [-0.25, -0.2) is 4.57 Å². The van der Waals surface area contributed by atoms with Crippen LogP contribution in [-0.2, 0) is 41.6 Å². The topological polar surface area (TPSA) is 267 Å². The molecule has 0 aromatic carbocycles. The van der Waals surface area contributed by atoms with Gasteiger partial charge in [0, 0.05) is 0 Å². The average Bonchev–Trinajstić information content (AvgIpc) is 3.07. The van der Waals surface area contributed by atoms with Crippen molar-refractivity contribution in [2.24, 2.45) is 7.05 Å². The number of aromatic amines is 1. The van der Waals surface area contributed by atoms with Crippen molar-refractivity contribution in [3.63, 3.8) is 0 Å². The molecule has 2 aromatic rings. The lowest BCUT2D eigenvalue weighted by atomic mass is 10.1. The molecule has 2 aromatic heterocycles. The van der Waals surface area contributed by atoms with Crippen molar-refractivity contribution < 1.29 is 57.1 Å². The van der Waals surface area contributed by atoms with E-state index in [4.69, 9.17) is 24.8 Å². The zero-order chi connectivity index (χ0) is 24.9. The number of aryl methyl sites for hydroxylation is 1. The molecule has 6 atom stereocenters. The lowest BCUT2D eigenvalue weighted by Crippen LogP contribution is -2.46. The van der Waals surface area contributed by atoms with E-state index in [0.29, 0.717) is 0 Å². The number of nitrogens with two attached hydrogens (primary N) is 1. The molecule has 1 aliphatic heterocycles. The zero-order valence-electron chi connectivity index (χ0n) is 16.6. The van der Waals surface area contributed by atoms with Gasteiger partial charge in [-0.1, -0.05) is 4.98 Å². The SMILES string of the molecule is Cn1c[n+]([C@@H]2O[C@H](COP(O)(=S)OP(=O)([O-])CP(=O)(O)O)[C@@H](O)[C@H]2O)c2nc(N)[nH]c(=O)c21. The van der Waals surface area contributed by atoms with Crippen LogP contribution in [0.2, 0.25) is 0 Å². The van der Waals surface area contributed by atoms with Gasteiger partial charge in [0.15, 0.2) is 13.9 Å². The predicted octanol–water partition coefficient (Wildman–Crippen LogP) is -3.31. The zero-order valence-corrected chi connectivity index (χ0v) is 20.1. The number of aliphatic hydroxyl groups is 2. The van der Waals surface area contributed by atoms with Crippen molar-refractivity contribution >= 4 is 50.8 Å². The molecule has 21 heteroatoms. The number of aromatic nitrogens is 4. The Morgan fingerprint density at radius 3 is 2.61 bits per heavy atom. The van der Waals surface area contributed by atoms with E-state index < -0.39 is 64.5 Å². The Bertz CT molecular complexity index is 1260. The third kappa shape index (κ3) is 6.13. The summed E-state index contributed by atoms with van der Waals surface area (Å²) in [6.07, 6.45) is -4.52. The first-order chi connectivity index (χ1) is 15.0. The van der Waals surface area contributed by atoms with Gasteiger partial charge >= 0.3 is 20.0 Å². The normalized spacial score (nSPS) is 27.5. The first-order valence-electron chi connectivity index (χ1n) is 8.80. The molecular formula is C12H20N5O12P3S. The van der Waals surface area contributed by atoms with E-state index in [1.807, 2.05) is 0 Å². The summed E-state index contributed by atoms with van der Waals surface area (Å²) in [7, 11) is -8.79. The summed E-state index contributed by atoms with van der Waals surface area (Å²) in [5.41, 5.74) is 5.11. The molecule has 8 N–H and O–H groups in total. The summed E-state index contributed by atoms with van der Waals surface area (Å²) in [6.45, 7) is -5.35. The molecule has 0 amide bonds. The Morgan fingerprint density at radius 1 is 1.36 bits per heavy atom. The minimum Gasteiger partial charge on any atom is -0.778 e. The maximum Gasteiger partial charge on any atom is 0.333 e. The highest BCUT2D eigenvalue weighted by molar-refractivity contribution is 8.08. The first-order valence-corrected chi connectivity index (χ1v) is 14.9. The molecule has 0 radical (unpaired) electrons. The number of hydrogen-bond donors (Lipinski definition) is 7. The van der Waals surface area contributed by atoms with Gasteiger partial charge in [0.25, 0.3) is 11.5 Å². The van der Waals surface area contributed by atoms with Gasteiger partial charge in [0.05, 0.1) is 13.7 Å². The summed E-state index contributed by atoms with van der Waals surface area (Å²) in [5, 5.41) is 20.7. The highest BCUT2D eigenvalue weighted by Gasteiger charge is 2.47. The standard InChI is InChI=1S/C12H20N5O12P3S/c1-16-3-17(9-6(16)10(20)15-12(13)14-9)11-8(19)7(18)5(28-11)2-27-32(26,33)29-31(24,25)4-30(21,22)23/h3,5,7-8,11,18-19H,2,4H2,1H3,(H6-,13,14,15,20,21,22,23,24,25,26,33)/t5-,7-,8-,11-,32?/m1/s1. The number of imidazole rings is 1. The van der Waals surface area contributed by atoms with Crippen molar-refractivity contribution in [3.8, 4) is 0 Å². The van der Waals surface area contributed by atoms with E-state index in [2.05, 4.69) is 26.1 Å². The number of H-pyrrole nitrogens is 1. The minimum absolute atomic E-state index is 0.0249. The second kappa shape index (κ2) is 9.17. The summed E-state index contributed by atoms with van der Waals surface area (Å²) in [6, 6.07) is 0. The molecule has 3 heterocycles. The number of hydrogen-bond acceptors (Lipinski definition) is 12. The molecule has 33 heavy (non-hydrogen) atoms. The minimum atomic E-state index is -5.27. The Hall–Kier alpha value is -1.10. The molecular weight excluding hydrogens is 531 g/mol. The van der Waals surface area contributed by atoms with Gasteiger partial charge < -0.3 is 49.3 Å². The van der Waals surface area contributed by atoms with Gasteiger partial charge in [-0.15, -0.1) is 0 Å². The fourth-order valence-electron chi connectivity index (χ4n) is 3.15. The van der Waals surface area contributed by atoms with Crippen LogP contribution in [0.1, 0.15) is 6.23 Å². The van der Waals surface area contributed by atoms with Crippen LogP contribution in [0, 0.1) is 0 Å². The molecule has 1 saturated heterocycles. The van der Waals surface area contributed by atoms with Crippen molar-refractivity contribution in [1.82, 2.24) is 14.5 Å². The number of rotatable bonds is 8. The molecule has 17 nitrogen and oxygen atoms in total. The van der Waals surface area contributed by atoms with Gasteiger partial charge in [0.1, 0.15) is 24.2 Å². The van der Waals surface area contributed by atoms with E-state index in [-0.39, 0.29) is 17.1 Å². The van der Waals surface area contributed by atoms with Gasteiger partial charge in [0.2, 0.25) is 11.7 Å². The van der Waals surface area contributed by atoms with E-state index in [0.717, 1.165) is 0 Å². The summed E-state index contributed by atoms with van der Waals surface area (Å²) in [5.74, 6) is -1.92. The van der Waals surface area contributed by atoms with Crippen LogP contribution in [0.4, 0.5) is 5.95 Å². The maximum absolute atomic E-state index is 12.1. The molecule has 2 unspecified atom stereocenters. The number of nitrogens with zero attached hydrogens (tertiary/aromatic N) is 3. The quantitative estimate of drug-likeness (QED) is 0.125. The summed E-state index contributed by atoms with van der Waals surface area (Å²) >= 11 is 4.53. The van der Waals surface area contributed by atoms with Crippen molar-refractivity contribution in [2.45, 2.75) is 24.5 Å². The number of ether oxygens (including phenoxy) is 1. The van der Waals surface area contributed by atoms with Gasteiger partial charge in [-0.05, 0) is 11.8 Å². The molecule has 1 aliphatic rings. The molecule has 0 spiro atoms. The van der Waals surface area contributed by atoms with Crippen LogP contribution < -0.4 is 20.8 Å². The van der Waals surface area contributed by atoms with Crippen LogP contribution in [0.5, 0.6) is 0 Å². The number of aliphatic hydroxyl groups excluding tert-OH is 2. The number of nitrogens with one attached hydrogen (secondary N) is 1. The second-order valence-electron chi connectivity index (χ2n) is 7.07. The number of fused-ring (bicyclic) bond motifs is 1. The molecule has 1 fully saturated rings. The van der Waals surface area contributed by atoms with Crippen LogP contribution >= 0.6 is 21.9 Å². The number of anilines is 1. The predicted molar refractivity (Wildman–Crippen MR) is 110 cm³/mol. The van der Waals surface area contributed by atoms with Crippen molar-refractivity contribution in [1.29, 1.82) is 0 Å². The number of nitrogen functional groups attached to an aromatic ring is 1. The third-order valence-corrected chi connectivity index (χ3v) is 10.5. The molecule has 0 saturated carbocycles. The van der Waals surface area contributed by atoms with E-state index in [1.54, 1.807) is 0 Å². The summed E-state index contributed by atoms with van der Waals surface area (Å²) < 4.78 is 39.7. The van der Waals surface area contributed by atoms with Crippen molar-refractivity contribution in [2.75, 3.05) is 18.2 Å². The molecule has 0 aliphatic carbocycles. The van der Waals surface area contributed by atoms with Crippen LogP contribution in [0.3, 0.4) is 0 Å². The maximum atomic E-state index is 12.1. The second-order valence-corrected chi connectivity index (χ2v) is 14.0. The largest absolute Gasteiger partial charge is 0.778 e. The lowest BCUT2D eigenvalue weighted by molar-refractivity contribution is -0.745. The first kappa shape index (κ1) is 26.5. The molecule has 0 bridgehead atoms. The van der Waals surface area contributed by atoms with Gasteiger partial charge in [-0.3, -0.25) is 23.2 Å². The van der Waals surface area contributed by atoms with Crippen LogP contribution in [0.15, 0.2) is 11.1 Å². The third-order valence-electron chi connectivity index (χ3n) is 4.39. The lowest BCUT2D eigenvalue weighted by Gasteiger charge is -2.28. The Kier molecular flexibility index (Phi) is 7.36. The van der Waals surface area contributed by atoms with Crippen molar-refractivity contribution in [3.05, 3.63) is 16.7 Å². The smallest absolute Gasteiger partial charge is 0.333 e. The van der Waals surface area contributed by atoms with Crippen LogP contribution in [0.25, 0.3) is 11.2 Å². The molecule has 3 rings (SSSR count). The van der Waals surface area contributed by atoms with Gasteiger partial charge in [-0.2, -0.15) is 0 Å². The van der Waals surface area contributed by atoms with E-state index in [1.165, 1.54) is 22.5 Å². The van der Waals surface area contributed by atoms with Crippen LogP contribution in [-0.4, -0.2) is 70.3 Å². The Balaban J connectivity index is 1.76. The highest BCUT2D eigenvalue weighted by atomic mass is 32.5. The van der Waals surface area contributed by atoms with E-state index in [9.17, 15) is 33.9 Å². The monoisotopic (exact) mass is 551 g/mol. The molecule has 186 valence electrons. The fraction of sp³-hybridized carbons (Fsp3) is 0.583. The van der Waals surface area contributed by atoms with E-state index >= 15 is 0 Å². The summed E-state index contributed by atoms with van der Waals surface area (Å²) in [4.78, 5) is 57.6. The Morgan fingerprint density at radius 2 is 2.00 bits per heavy atom.